The number of nitrogens with zero attached hydrogens (tertiary/aromatic N) is 4. The van der Waals surface area contributed by atoms with Crippen molar-refractivity contribution in [1.82, 2.24) is 25.4 Å². The summed E-state index contributed by atoms with van der Waals surface area (Å²) >= 11 is 0. The summed E-state index contributed by atoms with van der Waals surface area (Å²) in [5.74, 6) is 2.58. The molecule has 1 aromatic heterocycles. The molecule has 0 aliphatic carbocycles. The molecule has 3 rings (SSSR count). The lowest BCUT2D eigenvalue weighted by atomic mass is 10.1. The van der Waals surface area contributed by atoms with E-state index < -0.39 is 0 Å². The fraction of sp³-hybridized carbons (Fsp3) is 0.550. The highest BCUT2D eigenvalue weighted by atomic mass is 127. The Kier molecular flexibility index (Phi) is 9.12. The molecule has 0 amide bonds. The Morgan fingerprint density at radius 1 is 1.38 bits per heavy atom. The van der Waals surface area contributed by atoms with Gasteiger partial charge in [-0.25, -0.2) is 19.0 Å². The Bertz CT molecular complexity index is 812. The minimum atomic E-state index is -0.361. The molecular formula is C20H30FIN6O. The van der Waals surface area contributed by atoms with Gasteiger partial charge >= 0.3 is 0 Å². The summed E-state index contributed by atoms with van der Waals surface area (Å²) in [6.45, 7) is 7.93. The number of aryl methyl sites for hydroxylation is 2. The normalized spacial score (nSPS) is 17.1. The second-order valence-electron chi connectivity index (χ2n) is 6.94. The topological polar surface area (TPSA) is 76.4 Å². The maximum Gasteiger partial charge on any atom is 0.191 e. The molecule has 0 saturated carbocycles. The van der Waals surface area contributed by atoms with Crippen molar-refractivity contribution in [1.29, 1.82) is 0 Å². The molecule has 9 heteroatoms. The van der Waals surface area contributed by atoms with Crippen molar-refractivity contribution in [2.75, 3.05) is 13.1 Å². The molecular weight excluding hydrogens is 486 g/mol. The molecule has 0 fully saturated rings. The van der Waals surface area contributed by atoms with Gasteiger partial charge in [0.2, 0.25) is 0 Å². The molecule has 7 nitrogen and oxygen atoms in total. The zero-order valence-electron chi connectivity index (χ0n) is 17.2. The Balaban J connectivity index is 0.00000300. The Morgan fingerprint density at radius 3 is 2.90 bits per heavy atom. The van der Waals surface area contributed by atoms with Crippen LogP contribution in [0.25, 0.3) is 0 Å². The van der Waals surface area contributed by atoms with Crippen molar-refractivity contribution >= 4 is 29.9 Å². The van der Waals surface area contributed by atoms with Gasteiger partial charge in [0.05, 0.1) is 13.1 Å². The van der Waals surface area contributed by atoms with Crippen LogP contribution >= 0.6 is 24.0 Å². The lowest BCUT2D eigenvalue weighted by Gasteiger charge is -2.25. The first-order valence-corrected chi connectivity index (χ1v) is 9.97. The van der Waals surface area contributed by atoms with Gasteiger partial charge in [0, 0.05) is 25.4 Å². The minimum Gasteiger partial charge on any atom is -0.486 e. The van der Waals surface area contributed by atoms with Crippen molar-refractivity contribution in [3.8, 4) is 5.75 Å². The van der Waals surface area contributed by atoms with Gasteiger partial charge in [-0.3, -0.25) is 0 Å². The Hall–Kier alpha value is -1.91. The van der Waals surface area contributed by atoms with Crippen LogP contribution < -0.4 is 15.4 Å². The van der Waals surface area contributed by atoms with Crippen LogP contribution in [0.1, 0.15) is 38.8 Å². The van der Waals surface area contributed by atoms with Crippen LogP contribution in [0.3, 0.4) is 0 Å². The van der Waals surface area contributed by atoms with Crippen LogP contribution in [-0.4, -0.2) is 46.0 Å². The number of aromatic nitrogens is 3. The number of para-hydroxylation sites is 1. The Labute approximate surface area is 188 Å². The van der Waals surface area contributed by atoms with Crippen LogP contribution in [0.2, 0.25) is 0 Å². The van der Waals surface area contributed by atoms with E-state index in [4.69, 9.17) is 4.74 Å². The van der Waals surface area contributed by atoms with Crippen LogP contribution in [0.15, 0.2) is 29.3 Å². The van der Waals surface area contributed by atoms with Gasteiger partial charge in [0.25, 0.3) is 0 Å². The summed E-state index contributed by atoms with van der Waals surface area (Å²) in [7, 11) is 0. The molecule has 2 atom stereocenters. The van der Waals surface area contributed by atoms with Crippen LogP contribution in [-0.2, 0) is 19.4 Å². The van der Waals surface area contributed by atoms with Crippen LogP contribution in [0, 0.1) is 5.82 Å². The largest absolute Gasteiger partial charge is 0.486 e. The second-order valence-corrected chi connectivity index (χ2v) is 6.94. The molecule has 0 spiro atoms. The Morgan fingerprint density at radius 2 is 2.17 bits per heavy atom. The van der Waals surface area contributed by atoms with E-state index >= 15 is 0 Å². The van der Waals surface area contributed by atoms with E-state index in [0.29, 0.717) is 6.54 Å². The van der Waals surface area contributed by atoms with Crippen LogP contribution in [0.5, 0.6) is 5.75 Å². The van der Waals surface area contributed by atoms with Crippen molar-refractivity contribution < 1.29 is 9.13 Å². The number of rotatable bonds is 7. The SMILES string of the molecule is CCNC(=NCC(C)Oc1ccccc1F)NC1CCc2nc(CC)nn2C1.I. The molecule has 2 aromatic rings. The van der Waals surface area contributed by atoms with Crippen LogP contribution in [0.4, 0.5) is 4.39 Å². The van der Waals surface area contributed by atoms with Gasteiger partial charge in [-0.15, -0.1) is 24.0 Å². The number of fused-ring (bicyclic) bond motifs is 1. The van der Waals surface area contributed by atoms with Gasteiger partial charge in [-0.05, 0) is 32.4 Å². The number of hydrogen-bond acceptors (Lipinski definition) is 4. The molecule has 0 bridgehead atoms. The third kappa shape index (κ3) is 6.55. The molecule has 2 unspecified atom stereocenters. The molecule has 1 aromatic carbocycles. The summed E-state index contributed by atoms with van der Waals surface area (Å²) in [4.78, 5) is 9.17. The summed E-state index contributed by atoms with van der Waals surface area (Å²) in [6, 6.07) is 6.65. The van der Waals surface area contributed by atoms with E-state index in [1.807, 2.05) is 18.5 Å². The number of hydrogen-bond donors (Lipinski definition) is 2. The number of aliphatic imine (C=N–C) groups is 1. The molecule has 1 aliphatic heterocycles. The van der Waals surface area contributed by atoms with Crippen molar-refractivity contribution in [3.05, 3.63) is 41.7 Å². The third-order valence-corrected chi connectivity index (χ3v) is 4.57. The third-order valence-electron chi connectivity index (χ3n) is 4.57. The molecule has 0 saturated heterocycles. The molecule has 2 N–H and O–H groups in total. The number of benzene rings is 1. The minimum absolute atomic E-state index is 0. The number of halogens is 2. The van der Waals surface area contributed by atoms with Gasteiger partial charge in [-0.2, -0.15) is 5.10 Å². The van der Waals surface area contributed by atoms with E-state index in [1.54, 1.807) is 18.2 Å². The zero-order valence-corrected chi connectivity index (χ0v) is 19.5. The maximum absolute atomic E-state index is 13.7. The van der Waals surface area contributed by atoms with E-state index in [2.05, 4.69) is 32.6 Å². The fourth-order valence-corrected chi connectivity index (χ4v) is 3.16. The molecule has 29 heavy (non-hydrogen) atoms. The highest BCUT2D eigenvalue weighted by Gasteiger charge is 2.22. The fourth-order valence-electron chi connectivity index (χ4n) is 3.16. The molecule has 1 aliphatic rings. The lowest BCUT2D eigenvalue weighted by molar-refractivity contribution is 0.220. The first-order valence-electron chi connectivity index (χ1n) is 9.97. The smallest absolute Gasteiger partial charge is 0.191 e. The first kappa shape index (κ1) is 23.4. The van der Waals surface area contributed by atoms with Crippen molar-refractivity contribution in [2.24, 2.45) is 4.99 Å². The van der Waals surface area contributed by atoms with Gasteiger partial charge in [-0.1, -0.05) is 19.1 Å². The predicted molar refractivity (Wildman–Crippen MR) is 123 cm³/mol. The van der Waals surface area contributed by atoms with E-state index in [9.17, 15) is 4.39 Å². The average Bonchev–Trinajstić information content (AvgIpc) is 3.10. The van der Waals surface area contributed by atoms with Crippen molar-refractivity contribution in [3.63, 3.8) is 0 Å². The maximum atomic E-state index is 13.7. The number of nitrogens with one attached hydrogen (secondary N) is 2. The number of guanidine groups is 1. The van der Waals surface area contributed by atoms with Gasteiger partial charge < -0.3 is 15.4 Å². The van der Waals surface area contributed by atoms with E-state index in [-0.39, 0.29) is 47.7 Å². The highest BCUT2D eigenvalue weighted by molar-refractivity contribution is 14.0. The van der Waals surface area contributed by atoms with E-state index in [1.165, 1.54) is 6.07 Å². The summed E-state index contributed by atoms with van der Waals surface area (Å²) in [5.41, 5.74) is 0. The zero-order chi connectivity index (χ0) is 19.9. The molecule has 160 valence electrons. The van der Waals surface area contributed by atoms with Gasteiger partial charge in [0.1, 0.15) is 11.9 Å². The predicted octanol–water partition coefficient (Wildman–Crippen LogP) is 2.94. The van der Waals surface area contributed by atoms with Gasteiger partial charge in [0.15, 0.2) is 23.4 Å². The quantitative estimate of drug-likeness (QED) is 0.337. The monoisotopic (exact) mass is 516 g/mol. The molecule has 0 radical (unpaired) electrons. The number of ether oxygens (including phenoxy) is 1. The van der Waals surface area contributed by atoms with Crippen molar-refractivity contribution in [2.45, 2.75) is 58.7 Å². The highest BCUT2D eigenvalue weighted by Crippen LogP contribution is 2.17. The molecule has 2 heterocycles. The first-order chi connectivity index (χ1) is 13.6. The summed E-state index contributed by atoms with van der Waals surface area (Å²) < 4.78 is 21.4. The standard InChI is InChI=1S/C20H29FN6O.HI/c1-4-18-25-19-11-10-15(13-27(19)26-18)24-20(22-5-2)23-12-14(3)28-17-9-7-6-8-16(17)21;/h6-9,14-15H,4-5,10-13H2,1-3H3,(H2,22,23,24);1H. The summed E-state index contributed by atoms with van der Waals surface area (Å²) in [5, 5.41) is 11.3. The lowest BCUT2D eigenvalue weighted by Crippen LogP contribution is -2.47. The van der Waals surface area contributed by atoms with E-state index in [0.717, 1.165) is 50.0 Å². The summed E-state index contributed by atoms with van der Waals surface area (Å²) in [6.07, 6.45) is 2.49. The second kappa shape index (κ2) is 11.3. The average molecular weight is 516 g/mol.